The molecule has 0 bridgehead atoms. The Kier molecular flexibility index (Phi) is 9.65. The predicted molar refractivity (Wildman–Crippen MR) is 219 cm³/mol. The first-order chi connectivity index (χ1) is 27.1. The van der Waals surface area contributed by atoms with E-state index in [-0.39, 0.29) is 30.7 Å². The maximum Gasteiger partial charge on any atom is 0.330 e. The van der Waals surface area contributed by atoms with Gasteiger partial charge in [-0.25, -0.2) is 9.78 Å². The van der Waals surface area contributed by atoms with E-state index in [4.69, 9.17) is 4.99 Å². The third-order valence-electron chi connectivity index (χ3n) is 10.3. The van der Waals surface area contributed by atoms with Crippen LogP contribution in [0.4, 0.5) is 33.6 Å². The van der Waals surface area contributed by atoms with E-state index < -0.39 is 6.04 Å². The fourth-order valence-electron chi connectivity index (χ4n) is 7.16. The van der Waals surface area contributed by atoms with Gasteiger partial charge in [-0.15, -0.1) is 0 Å². The lowest BCUT2D eigenvalue weighted by Gasteiger charge is -2.35. The zero-order valence-corrected chi connectivity index (χ0v) is 31.6. The molecule has 11 heteroatoms. The number of amides is 3. The Labute approximate surface area is 325 Å². The molecule has 56 heavy (non-hydrogen) atoms. The molecule has 0 fully saturated rings. The molecule has 2 aliphatic heterocycles. The van der Waals surface area contributed by atoms with Crippen LogP contribution < -0.4 is 20.4 Å². The Balaban J connectivity index is 1.03. The van der Waals surface area contributed by atoms with Gasteiger partial charge in [0.25, 0.3) is 5.91 Å². The van der Waals surface area contributed by atoms with Crippen LogP contribution in [-0.4, -0.2) is 51.5 Å². The van der Waals surface area contributed by atoms with Crippen LogP contribution in [0.1, 0.15) is 55.0 Å². The van der Waals surface area contributed by atoms with Crippen molar-refractivity contribution in [3.05, 3.63) is 166 Å². The topological polar surface area (TPSA) is 133 Å². The van der Waals surface area contributed by atoms with Gasteiger partial charge in [-0.2, -0.15) is 4.98 Å². The van der Waals surface area contributed by atoms with Crippen LogP contribution >= 0.6 is 0 Å². The maximum atomic E-state index is 13.9. The summed E-state index contributed by atoms with van der Waals surface area (Å²) in [5.41, 5.74) is 10.3. The number of anilines is 5. The van der Waals surface area contributed by atoms with Crippen LogP contribution in [0.15, 0.2) is 121 Å². The summed E-state index contributed by atoms with van der Waals surface area (Å²) in [6.45, 7) is 6.13. The number of pyridine rings is 1. The molecule has 4 heterocycles. The SMILES string of the molecule is Cc1ccc(Nc2ncc3c(n2)N(C)C(=O)N(c2cc(NC(=O)c4ccc5c(c4)CC(=O)[C@H](Cc4ccccc4C)N=C5c4ccccc4)ccc2C)C3)cn1. The smallest absolute Gasteiger partial charge is 0.323 e. The Morgan fingerprint density at radius 2 is 1.59 bits per heavy atom. The van der Waals surface area contributed by atoms with E-state index in [9.17, 15) is 14.4 Å². The number of aromatic nitrogens is 3. The summed E-state index contributed by atoms with van der Waals surface area (Å²) in [5.74, 6) is 0.532. The maximum absolute atomic E-state index is 13.9. The molecule has 278 valence electrons. The van der Waals surface area contributed by atoms with Crippen LogP contribution in [0.3, 0.4) is 0 Å². The van der Waals surface area contributed by atoms with E-state index in [0.717, 1.165) is 56.0 Å². The number of ketones is 1. The van der Waals surface area contributed by atoms with Gasteiger partial charge in [0.15, 0.2) is 5.78 Å². The minimum absolute atomic E-state index is 0.000336. The first-order valence-electron chi connectivity index (χ1n) is 18.5. The molecule has 8 rings (SSSR count). The summed E-state index contributed by atoms with van der Waals surface area (Å²) in [7, 11) is 1.68. The standard InChI is InChI=1S/C45H40N8O3/c1-27-10-8-9-13-31(27)21-38-40(54)22-33-20-32(16-19-37(33)41(50-38)30-11-6-5-7-12-30)43(55)48-35-17-14-28(2)39(23-35)53-26-34-24-47-44(51-42(34)52(4)45(53)56)49-36-18-15-29(3)46-25-36/h5-20,23-25,38H,21-22,26H2,1-4H3,(H,48,55)(H,47,49,51)/t38-/m0/s1. The molecule has 3 amide bonds. The molecular weight excluding hydrogens is 701 g/mol. The summed E-state index contributed by atoms with van der Waals surface area (Å²) < 4.78 is 0. The lowest BCUT2D eigenvalue weighted by Crippen LogP contribution is -2.46. The number of hydrogen-bond acceptors (Lipinski definition) is 8. The molecule has 1 atom stereocenters. The molecule has 0 radical (unpaired) electrons. The number of carbonyl (C=O) groups is 3. The van der Waals surface area contributed by atoms with Crippen molar-refractivity contribution >= 4 is 52.3 Å². The second kappa shape index (κ2) is 15.0. The molecule has 2 N–H and O–H groups in total. The van der Waals surface area contributed by atoms with E-state index in [1.807, 2.05) is 106 Å². The van der Waals surface area contributed by atoms with E-state index in [1.54, 1.807) is 42.5 Å². The number of urea groups is 1. The van der Waals surface area contributed by atoms with Crippen molar-refractivity contribution in [1.29, 1.82) is 0 Å². The zero-order chi connectivity index (χ0) is 38.9. The van der Waals surface area contributed by atoms with Crippen molar-refractivity contribution in [2.75, 3.05) is 27.5 Å². The molecule has 0 unspecified atom stereocenters. The molecule has 0 spiro atoms. The Bertz CT molecular complexity index is 2530. The highest BCUT2D eigenvalue weighted by atomic mass is 16.2. The fourth-order valence-corrected chi connectivity index (χ4v) is 7.16. The van der Waals surface area contributed by atoms with Crippen molar-refractivity contribution < 1.29 is 14.4 Å². The molecule has 0 saturated heterocycles. The van der Waals surface area contributed by atoms with Crippen LogP contribution in [0.2, 0.25) is 0 Å². The number of hydrogen-bond donors (Lipinski definition) is 2. The van der Waals surface area contributed by atoms with Crippen molar-refractivity contribution in [2.45, 2.75) is 46.2 Å². The van der Waals surface area contributed by atoms with E-state index in [1.165, 1.54) is 4.90 Å². The third kappa shape index (κ3) is 7.26. The number of nitrogens with one attached hydrogen (secondary N) is 2. The second-order valence-electron chi connectivity index (χ2n) is 14.2. The first kappa shape index (κ1) is 36.0. The van der Waals surface area contributed by atoms with Gasteiger partial charge in [0.1, 0.15) is 11.9 Å². The van der Waals surface area contributed by atoms with Crippen molar-refractivity contribution in [3.63, 3.8) is 0 Å². The fraction of sp³-hybridized carbons (Fsp3) is 0.178. The second-order valence-corrected chi connectivity index (χ2v) is 14.2. The molecule has 0 saturated carbocycles. The van der Waals surface area contributed by atoms with Crippen molar-refractivity contribution in [3.8, 4) is 0 Å². The molecule has 11 nitrogen and oxygen atoms in total. The van der Waals surface area contributed by atoms with Gasteiger partial charge in [0.2, 0.25) is 5.95 Å². The van der Waals surface area contributed by atoms with E-state index in [0.29, 0.717) is 35.1 Å². The summed E-state index contributed by atoms with van der Waals surface area (Å²) in [5, 5.41) is 6.18. The largest absolute Gasteiger partial charge is 0.330 e. The van der Waals surface area contributed by atoms with Crippen molar-refractivity contribution in [1.82, 2.24) is 15.0 Å². The number of aryl methyl sites for hydroxylation is 3. The van der Waals surface area contributed by atoms with Crippen LogP contribution in [0.25, 0.3) is 0 Å². The van der Waals surface area contributed by atoms with Gasteiger partial charge in [0.05, 0.1) is 29.8 Å². The van der Waals surface area contributed by atoms with Gasteiger partial charge in [-0.1, -0.05) is 66.7 Å². The van der Waals surface area contributed by atoms with E-state index >= 15 is 0 Å². The summed E-state index contributed by atoms with van der Waals surface area (Å²) in [6, 6.07) is 31.8. The average Bonchev–Trinajstić information content (AvgIpc) is 3.34. The summed E-state index contributed by atoms with van der Waals surface area (Å²) in [6.07, 6.45) is 4.07. The summed E-state index contributed by atoms with van der Waals surface area (Å²) >= 11 is 0. The minimum atomic E-state index is -0.563. The summed E-state index contributed by atoms with van der Waals surface area (Å²) in [4.78, 5) is 63.2. The number of nitrogens with zero attached hydrogens (tertiary/aromatic N) is 6. The quantitative estimate of drug-likeness (QED) is 0.162. The molecule has 2 aromatic heterocycles. The number of fused-ring (bicyclic) bond motifs is 2. The van der Waals surface area contributed by atoms with Crippen LogP contribution in [-0.2, 0) is 24.2 Å². The Hall–Kier alpha value is -7.01. The lowest BCUT2D eigenvalue weighted by atomic mass is 9.93. The highest BCUT2D eigenvalue weighted by molar-refractivity contribution is 6.17. The lowest BCUT2D eigenvalue weighted by molar-refractivity contribution is -0.119. The highest BCUT2D eigenvalue weighted by Crippen LogP contribution is 2.34. The van der Waals surface area contributed by atoms with Gasteiger partial charge < -0.3 is 10.6 Å². The average molecular weight is 741 g/mol. The zero-order valence-electron chi connectivity index (χ0n) is 31.6. The molecular formula is C45H40N8O3. The number of Topliss-reactive ketones (excluding diaryl/α,β-unsaturated/α-hetero) is 1. The van der Waals surface area contributed by atoms with Crippen LogP contribution in [0.5, 0.6) is 0 Å². The normalized spacial score (nSPS) is 15.1. The number of aliphatic imine (C=N–C) groups is 1. The molecule has 6 aromatic rings. The van der Waals surface area contributed by atoms with Gasteiger partial charge >= 0.3 is 6.03 Å². The third-order valence-corrected chi connectivity index (χ3v) is 10.3. The molecule has 4 aromatic carbocycles. The number of carbonyl (C=O) groups excluding carboxylic acids is 3. The molecule has 0 aliphatic carbocycles. The van der Waals surface area contributed by atoms with Crippen molar-refractivity contribution in [2.24, 2.45) is 4.99 Å². The Morgan fingerprint density at radius 3 is 2.38 bits per heavy atom. The minimum Gasteiger partial charge on any atom is -0.323 e. The highest BCUT2D eigenvalue weighted by Gasteiger charge is 2.32. The van der Waals surface area contributed by atoms with Gasteiger partial charge in [-0.3, -0.25) is 29.4 Å². The predicted octanol–water partition coefficient (Wildman–Crippen LogP) is 7.94. The van der Waals surface area contributed by atoms with Gasteiger partial charge in [-0.05, 0) is 79.4 Å². The molecule has 2 aliphatic rings. The first-order valence-corrected chi connectivity index (χ1v) is 18.5. The Morgan fingerprint density at radius 1 is 0.804 bits per heavy atom. The monoisotopic (exact) mass is 740 g/mol. The van der Waals surface area contributed by atoms with Gasteiger partial charge in [0, 0.05) is 59.7 Å². The van der Waals surface area contributed by atoms with E-state index in [2.05, 4.69) is 25.6 Å². The number of rotatable bonds is 8. The number of benzene rings is 4. The van der Waals surface area contributed by atoms with Crippen LogP contribution in [0, 0.1) is 20.8 Å².